The topological polar surface area (TPSA) is 125 Å². The van der Waals surface area contributed by atoms with E-state index in [2.05, 4.69) is 6.58 Å². The third-order valence-corrected chi connectivity index (χ3v) is 4.49. The molecular formula is C21H20ClN3O5. The van der Waals surface area contributed by atoms with Crippen LogP contribution in [0, 0.1) is 22.7 Å². The van der Waals surface area contributed by atoms with Crippen LogP contribution in [0.4, 0.5) is 0 Å². The van der Waals surface area contributed by atoms with Gasteiger partial charge in [0.1, 0.15) is 17.9 Å². The van der Waals surface area contributed by atoms with Crippen molar-refractivity contribution in [1.82, 2.24) is 4.57 Å². The van der Waals surface area contributed by atoms with Gasteiger partial charge in [-0.05, 0) is 25.0 Å². The number of pyridine rings is 1. The molecule has 1 fully saturated rings. The van der Waals surface area contributed by atoms with E-state index in [0.29, 0.717) is 29.3 Å². The smallest absolute Gasteiger partial charge is 0.341 e. The van der Waals surface area contributed by atoms with Crippen molar-refractivity contribution in [3.05, 3.63) is 51.8 Å². The minimum atomic E-state index is -1.25. The molecule has 0 spiro atoms. The fraction of sp³-hybridized carbons (Fsp3) is 0.333. The lowest BCUT2D eigenvalue weighted by atomic mass is 10.1. The number of ether oxygens (including phenoxy) is 2. The molecule has 1 aromatic heterocycles. The maximum Gasteiger partial charge on any atom is 0.341 e. The van der Waals surface area contributed by atoms with E-state index >= 15 is 0 Å². The van der Waals surface area contributed by atoms with Crippen LogP contribution in [0.5, 0.6) is 5.75 Å². The summed E-state index contributed by atoms with van der Waals surface area (Å²) in [4.78, 5) is 23.9. The molecule has 0 amide bonds. The van der Waals surface area contributed by atoms with Crippen LogP contribution < -0.4 is 10.2 Å². The standard InChI is InChI=1S/C18H17ClN2O5.C3H3N/c19-14-9-15-12(8-16(14)26-7-6-25-5-1-4-20)17(22)13(18(23)24)10-21(15)11-2-3-11;1-2-3-4/h8-11H,1-3,5-7H2,(H,23,24);2H,1H2. The zero-order valence-corrected chi connectivity index (χ0v) is 16.9. The average Bonchev–Trinajstić information content (AvgIpc) is 3.56. The Bertz CT molecular complexity index is 1080. The minimum absolute atomic E-state index is 0.188. The summed E-state index contributed by atoms with van der Waals surface area (Å²) in [6.07, 6.45) is 4.75. The molecule has 1 aliphatic rings. The first-order valence-corrected chi connectivity index (χ1v) is 9.52. The molecule has 1 aromatic carbocycles. The Morgan fingerprint density at radius 2 is 2.03 bits per heavy atom. The second kappa shape index (κ2) is 11.0. The molecule has 0 bridgehead atoms. The van der Waals surface area contributed by atoms with E-state index in [9.17, 15) is 14.7 Å². The Labute approximate surface area is 178 Å². The Hall–Kier alpha value is -3.33. The van der Waals surface area contributed by atoms with Crippen LogP contribution in [-0.2, 0) is 4.74 Å². The van der Waals surface area contributed by atoms with Gasteiger partial charge in [0.15, 0.2) is 0 Å². The highest BCUT2D eigenvalue weighted by atomic mass is 35.5. The van der Waals surface area contributed by atoms with Gasteiger partial charge < -0.3 is 19.1 Å². The lowest BCUT2D eigenvalue weighted by molar-refractivity contribution is 0.0695. The Morgan fingerprint density at radius 1 is 1.33 bits per heavy atom. The van der Waals surface area contributed by atoms with Crippen LogP contribution in [0.2, 0.25) is 5.02 Å². The molecule has 1 aliphatic carbocycles. The van der Waals surface area contributed by atoms with E-state index in [-0.39, 0.29) is 30.2 Å². The Balaban J connectivity index is 0.000000735. The van der Waals surface area contributed by atoms with Crippen LogP contribution >= 0.6 is 11.6 Å². The highest BCUT2D eigenvalue weighted by molar-refractivity contribution is 6.32. The van der Waals surface area contributed by atoms with E-state index in [1.54, 1.807) is 16.7 Å². The number of carboxylic acids is 1. The van der Waals surface area contributed by atoms with Gasteiger partial charge in [-0.1, -0.05) is 18.2 Å². The zero-order chi connectivity index (χ0) is 22.1. The molecule has 2 aromatic rings. The van der Waals surface area contributed by atoms with Crippen LogP contribution in [-0.4, -0.2) is 35.5 Å². The zero-order valence-electron chi connectivity index (χ0n) is 16.1. The fourth-order valence-electron chi connectivity index (χ4n) is 2.70. The number of carboxylic acid groups (broad SMARTS) is 1. The minimum Gasteiger partial charge on any atom is -0.490 e. The number of allylic oxidation sites excluding steroid dienone is 1. The number of aromatic nitrogens is 1. The van der Waals surface area contributed by atoms with Crippen LogP contribution in [0.3, 0.4) is 0 Å². The molecule has 1 heterocycles. The molecule has 9 heteroatoms. The van der Waals surface area contributed by atoms with Gasteiger partial charge in [-0.3, -0.25) is 4.79 Å². The number of fused-ring (bicyclic) bond motifs is 1. The number of benzene rings is 1. The van der Waals surface area contributed by atoms with E-state index < -0.39 is 11.4 Å². The molecule has 0 unspecified atom stereocenters. The van der Waals surface area contributed by atoms with Gasteiger partial charge in [-0.2, -0.15) is 10.5 Å². The summed E-state index contributed by atoms with van der Waals surface area (Å²) >= 11 is 6.28. The van der Waals surface area contributed by atoms with Crippen LogP contribution in [0.25, 0.3) is 10.9 Å². The van der Waals surface area contributed by atoms with Crippen LogP contribution in [0.1, 0.15) is 35.7 Å². The summed E-state index contributed by atoms with van der Waals surface area (Å²) in [7, 11) is 0. The second-order valence-electron chi connectivity index (χ2n) is 6.32. The van der Waals surface area contributed by atoms with Gasteiger partial charge in [0, 0.05) is 18.3 Å². The van der Waals surface area contributed by atoms with Crippen molar-refractivity contribution in [1.29, 1.82) is 10.5 Å². The summed E-state index contributed by atoms with van der Waals surface area (Å²) in [5.41, 5.74) is -0.223. The molecule has 30 heavy (non-hydrogen) atoms. The SMILES string of the molecule is C=CC#N.N#CCCOCCOc1cc2c(=O)c(C(=O)O)cn(C3CC3)c2cc1Cl. The number of nitriles is 2. The van der Waals surface area contributed by atoms with E-state index in [0.717, 1.165) is 12.8 Å². The van der Waals surface area contributed by atoms with Gasteiger partial charge >= 0.3 is 5.97 Å². The highest BCUT2D eigenvalue weighted by Crippen LogP contribution is 2.38. The second-order valence-corrected chi connectivity index (χ2v) is 6.72. The Kier molecular flexibility index (Phi) is 8.42. The van der Waals surface area contributed by atoms with Crippen molar-refractivity contribution in [2.24, 2.45) is 0 Å². The molecule has 3 rings (SSSR count). The van der Waals surface area contributed by atoms with Gasteiger partial charge in [-0.15, -0.1) is 0 Å². The van der Waals surface area contributed by atoms with E-state index in [1.165, 1.54) is 18.3 Å². The predicted octanol–water partition coefficient (Wildman–Crippen LogP) is 3.69. The number of carbonyl (C=O) groups is 1. The summed E-state index contributed by atoms with van der Waals surface area (Å²) in [6, 6.07) is 6.98. The molecule has 0 atom stereocenters. The number of nitrogens with zero attached hydrogens (tertiary/aromatic N) is 3. The summed E-state index contributed by atoms with van der Waals surface area (Å²) in [5, 5.41) is 25.9. The molecule has 0 aliphatic heterocycles. The first-order valence-electron chi connectivity index (χ1n) is 9.14. The fourth-order valence-corrected chi connectivity index (χ4v) is 2.91. The van der Waals surface area contributed by atoms with Crippen molar-refractivity contribution in [2.75, 3.05) is 19.8 Å². The first-order chi connectivity index (χ1) is 14.4. The quantitative estimate of drug-likeness (QED) is 0.500. The van der Waals surface area contributed by atoms with E-state index in [4.69, 9.17) is 31.6 Å². The monoisotopic (exact) mass is 429 g/mol. The number of rotatable bonds is 8. The summed E-state index contributed by atoms with van der Waals surface area (Å²) < 4.78 is 12.6. The molecule has 1 N–H and O–H groups in total. The number of halogens is 1. The van der Waals surface area contributed by atoms with Crippen LogP contribution in [0.15, 0.2) is 35.8 Å². The molecule has 1 saturated carbocycles. The van der Waals surface area contributed by atoms with Crippen molar-refractivity contribution in [2.45, 2.75) is 25.3 Å². The molecular weight excluding hydrogens is 410 g/mol. The van der Waals surface area contributed by atoms with Gasteiger partial charge in [0.2, 0.25) is 5.43 Å². The molecule has 0 saturated heterocycles. The van der Waals surface area contributed by atoms with Gasteiger partial charge in [0.25, 0.3) is 0 Å². The Morgan fingerprint density at radius 3 is 2.60 bits per heavy atom. The summed E-state index contributed by atoms with van der Waals surface area (Å²) in [5.74, 6) is -0.959. The van der Waals surface area contributed by atoms with Crippen molar-refractivity contribution in [3.8, 4) is 17.9 Å². The third-order valence-electron chi connectivity index (χ3n) is 4.19. The van der Waals surface area contributed by atoms with Gasteiger partial charge in [0.05, 0.1) is 47.7 Å². The average molecular weight is 430 g/mol. The lowest BCUT2D eigenvalue weighted by Gasteiger charge is -2.14. The predicted molar refractivity (Wildman–Crippen MR) is 111 cm³/mol. The normalized spacial score (nSPS) is 12.2. The number of hydrogen-bond acceptors (Lipinski definition) is 6. The lowest BCUT2D eigenvalue weighted by Crippen LogP contribution is -2.19. The first kappa shape index (κ1) is 23.0. The highest BCUT2D eigenvalue weighted by Gasteiger charge is 2.27. The summed E-state index contributed by atoms with van der Waals surface area (Å²) in [6.45, 7) is 3.91. The maximum atomic E-state index is 12.5. The van der Waals surface area contributed by atoms with Crippen molar-refractivity contribution >= 4 is 28.5 Å². The molecule has 8 nitrogen and oxygen atoms in total. The van der Waals surface area contributed by atoms with E-state index in [1.807, 2.05) is 6.07 Å². The molecule has 156 valence electrons. The molecule has 0 radical (unpaired) electrons. The van der Waals surface area contributed by atoms with Gasteiger partial charge in [-0.25, -0.2) is 4.79 Å². The van der Waals surface area contributed by atoms with Crippen molar-refractivity contribution < 1.29 is 19.4 Å². The third kappa shape index (κ3) is 5.84. The van der Waals surface area contributed by atoms with Crippen molar-refractivity contribution in [3.63, 3.8) is 0 Å². The maximum absolute atomic E-state index is 12.5. The number of hydrogen-bond donors (Lipinski definition) is 1. The number of aromatic carboxylic acids is 1. The largest absolute Gasteiger partial charge is 0.490 e.